The predicted octanol–water partition coefficient (Wildman–Crippen LogP) is 1.73. The lowest BCUT2D eigenvalue weighted by molar-refractivity contribution is -0.384. The molecule has 0 saturated carbocycles. The molecule has 0 aliphatic heterocycles. The number of nitro benzene ring substituents is 1. The number of nitrogens with zero attached hydrogens (tertiary/aromatic N) is 2. The van der Waals surface area contributed by atoms with Crippen LogP contribution in [0.3, 0.4) is 0 Å². The maximum atomic E-state index is 10.5. The number of aliphatic hydroxyl groups is 1. The molecule has 1 aromatic rings. The van der Waals surface area contributed by atoms with Crippen LogP contribution in [0.25, 0.3) is 0 Å². The molecule has 1 aromatic carbocycles. The van der Waals surface area contributed by atoms with Crippen molar-refractivity contribution in [2.75, 3.05) is 5.06 Å². The van der Waals surface area contributed by atoms with Gasteiger partial charge in [0.15, 0.2) is 0 Å². The number of hydrogen-bond acceptors (Lipinski definition) is 5. The minimum absolute atomic E-state index is 0.0608. The lowest BCUT2D eigenvalue weighted by Crippen LogP contribution is -2.38. The number of nitro groups is 1. The van der Waals surface area contributed by atoms with Crippen LogP contribution in [0, 0.1) is 10.1 Å². The van der Waals surface area contributed by atoms with E-state index in [0.717, 1.165) is 5.06 Å². The number of anilines is 1. The molecule has 0 fully saturated rings. The molecular formula is C11H14N2O4. The Hall–Kier alpha value is -1.92. The van der Waals surface area contributed by atoms with Gasteiger partial charge in [-0.3, -0.25) is 15.3 Å². The van der Waals surface area contributed by atoms with Crippen LogP contribution in [-0.2, 0) is 0 Å². The summed E-state index contributed by atoms with van der Waals surface area (Å²) < 4.78 is 0. The van der Waals surface area contributed by atoms with Crippen molar-refractivity contribution in [3.63, 3.8) is 0 Å². The molecule has 0 unspecified atom stereocenters. The SMILES string of the molecule is C=C[C@H]([C@H](C)O)N(O)c1ccc([N+](=O)[O-])cc1. The fourth-order valence-corrected chi connectivity index (χ4v) is 1.40. The highest BCUT2D eigenvalue weighted by atomic mass is 16.6. The third-order valence-corrected chi connectivity index (χ3v) is 2.34. The fourth-order valence-electron chi connectivity index (χ4n) is 1.40. The highest BCUT2D eigenvalue weighted by Crippen LogP contribution is 2.21. The maximum absolute atomic E-state index is 10.5. The molecular weight excluding hydrogens is 224 g/mol. The van der Waals surface area contributed by atoms with Gasteiger partial charge in [0.1, 0.15) is 0 Å². The first-order valence-corrected chi connectivity index (χ1v) is 5.00. The lowest BCUT2D eigenvalue weighted by atomic mass is 10.1. The second-order valence-corrected chi connectivity index (χ2v) is 3.58. The van der Waals surface area contributed by atoms with E-state index in [-0.39, 0.29) is 5.69 Å². The summed E-state index contributed by atoms with van der Waals surface area (Å²) in [6, 6.07) is 4.69. The Balaban J connectivity index is 2.92. The van der Waals surface area contributed by atoms with Gasteiger partial charge >= 0.3 is 0 Å². The minimum atomic E-state index is -0.812. The molecule has 6 nitrogen and oxygen atoms in total. The number of aliphatic hydroxyl groups excluding tert-OH is 1. The standard InChI is InChI=1S/C11H14N2O4/c1-3-11(8(2)14)12(15)9-4-6-10(7-5-9)13(16)17/h3-8,11,14-15H,1H2,2H3/t8-,11+/m0/s1. The molecule has 2 N–H and O–H groups in total. The van der Waals surface area contributed by atoms with E-state index in [4.69, 9.17) is 0 Å². The molecule has 2 atom stereocenters. The van der Waals surface area contributed by atoms with E-state index in [0.29, 0.717) is 5.69 Å². The van der Waals surface area contributed by atoms with Crippen molar-refractivity contribution >= 4 is 11.4 Å². The van der Waals surface area contributed by atoms with Crippen LogP contribution in [0.1, 0.15) is 6.92 Å². The quantitative estimate of drug-likeness (QED) is 0.463. The van der Waals surface area contributed by atoms with Crippen molar-refractivity contribution in [3.8, 4) is 0 Å². The molecule has 0 heterocycles. The summed E-state index contributed by atoms with van der Waals surface area (Å²) >= 11 is 0. The van der Waals surface area contributed by atoms with Gasteiger partial charge in [-0.1, -0.05) is 6.08 Å². The number of benzene rings is 1. The topological polar surface area (TPSA) is 86.8 Å². The minimum Gasteiger partial charge on any atom is -0.391 e. The third kappa shape index (κ3) is 3.02. The summed E-state index contributed by atoms with van der Waals surface area (Å²) in [6.07, 6.45) is 0.583. The molecule has 6 heteroatoms. The van der Waals surface area contributed by atoms with Crippen LogP contribution in [0.4, 0.5) is 11.4 Å². The highest BCUT2D eigenvalue weighted by Gasteiger charge is 2.19. The van der Waals surface area contributed by atoms with Crippen molar-refractivity contribution in [1.82, 2.24) is 0 Å². The Morgan fingerprint density at radius 2 is 2.00 bits per heavy atom. The summed E-state index contributed by atoms with van der Waals surface area (Å²) in [5.74, 6) is 0. The fraction of sp³-hybridized carbons (Fsp3) is 0.273. The molecule has 0 bridgehead atoms. The highest BCUT2D eigenvalue weighted by molar-refractivity contribution is 5.50. The second-order valence-electron chi connectivity index (χ2n) is 3.58. The third-order valence-electron chi connectivity index (χ3n) is 2.34. The first kappa shape index (κ1) is 13.1. The average molecular weight is 238 g/mol. The van der Waals surface area contributed by atoms with E-state index in [1.54, 1.807) is 0 Å². The number of non-ortho nitro benzene ring substituents is 1. The molecule has 0 aliphatic rings. The molecule has 1 rings (SSSR count). The van der Waals surface area contributed by atoms with Crippen LogP contribution in [0.15, 0.2) is 36.9 Å². The Kier molecular flexibility index (Phi) is 4.19. The van der Waals surface area contributed by atoms with E-state index in [1.165, 1.54) is 37.3 Å². The van der Waals surface area contributed by atoms with E-state index >= 15 is 0 Å². The van der Waals surface area contributed by atoms with Crippen molar-refractivity contribution in [2.45, 2.75) is 19.1 Å². The molecule has 0 amide bonds. The number of rotatable bonds is 5. The van der Waals surface area contributed by atoms with E-state index < -0.39 is 17.1 Å². The molecule has 0 spiro atoms. The van der Waals surface area contributed by atoms with Gasteiger partial charge in [-0.15, -0.1) is 6.58 Å². The smallest absolute Gasteiger partial charge is 0.269 e. The van der Waals surface area contributed by atoms with Crippen LogP contribution < -0.4 is 5.06 Å². The molecule has 0 aliphatic carbocycles. The Labute approximate surface area is 98.5 Å². The van der Waals surface area contributed by atoms with Gasteiger partial charge in [0.25, 0.3) is 5.69 Å². The van der Waals surface area contributed by atoms with Crippen molar-refractivity contribution in [2.24, 2.45) is 0 Å². The van der Waals surface area contributed by atoms with Gasteiger partial charge in [-0.25, -0.2) is 5.06 Å². The summed E-state index contributed by atoms with van der Waals surface area (Å²) in [7, 11) is 0. The molecule has 0 saturated heterocycles. The molecule has 0 radical (unpaired) electrons. The number of hydroxylamine groups is 1. The zero-order valence-electron chi connectivity index (χ0n) is 9.35. The Bertz CT molecular complexity index is 402. The van der Waals surface area contributed by atoms with E-state index in [2.05, 4.69) is 6.58 Å². The van der Waals surface area contributed by atoms with Crippen molar-refractivity contribution in [1.29, 1.82) is 0 Å². The summed E-state index contributed by atoms with van der Waals surface area (Å²) in [4.78, 5) is 9.93. The Morgan fingerprint density at radius 1 is 1.47 bits per heavy atom. The first-order chi connectivity index (χ1) is 7.97. The van der Waals surface area contributed by atoms with Gasteiger partial charge in [-0.05, 0) is 19.1 Å². The summed E-state index contributed by atoms with van der Waals surface area (Å²) in [5.41, 5.74) is 0.288. The number of hydrogen-bond donors (Lipinski definition) is 2. The van der Waals surface area contributed by atoms with Gasteiger partial charge < -0.3 is 5.11 Å². The van der Waals surface area contributed by atoms with Gasteiger partial charge in [-0.2, -0.15) is 0 Å². The summed E-state index contributed by atoms with van der Waals surface area (Å²) in [6.45, 7) is 5.02. The molecule has 92 valence electrons. The average Bonchev–Trinajstić information content (AvgIpc) is 2.29. The summed E-state index contributed by atoms with van der Waals surface area (Å²) in [5, 5.41) is 30.5. The van der Waals surface area contributed by atoms with E-state index in [1.807, 2.05) is 0 Å². The monoisotopic (exact) mass is 238 g/mol. The van der Waals surface area contributed by atoms with Crippen LogP contribution in [0.5, 0.6) is 0 Å². The maximum Gasteiger partial charge on any atom is 0.269 e. The molecule has 0 aromatic heterocycles. The van der Waals surface area contributed by atoms with Crippen LogP contribution in [-0.4, -0.2) is 27.4 Å². The Morgan fingerprint density at radius 3 is 2.35 bits per heavy atom. The second kappa shape index (κ2) is 5.42. The van der Waals surface area contributed by atoms with Crippen molar-refractivity contribution < 1.29 is 15.2 Å². The zero-order chi connectivity index (χ0) is 13.0. The van der Waals surface area contributed by atoms with Gasteiger partial charge in [0, 0.05) is 12.1 Å². The first-order valence-electron chi connectivity index (χ1n) is 5.00. The van der Waals surface area contributed by atoms with Crippen LogP contribution >= 0.6 is 0 Å². The normalized spacial score (nSPS) is 13.8. The van der Waals surface area contributed by atoms with Crippen LogP contribution in [0.2, 0.25) is 0 Å². The lowest BCUT2D eigenvalue weighted by Gasteiger charge is -2.27. The predicted molar refractivity (Wildman–Crippen MR) is 63.0 cm³/mol. The zero-order valence-corrected chi connectivity index (χ0v) is 9.35. The van der Waals surface area contributed by atoms with Gasteiger partial charge in [0.2, 0.25) is 0 Å². The van der Waals surface area contributed by atoms with E-state index in [9.17, 15) is 20.4 Å². The van der Waals surface area contributed by atoms with Crippen molar-refractivity contribution in [3.05, 3.63) is 47.0 Å². The largest absolute Gasteiger partial charge is 0.391 e. The molecule has 17 heavy (non-hydrogen) atoms. The van der Waals surface area contributed by atoms with Gasteiger partial charge in [0.05, 0.1) is 22.8 Å².